The van der Waals surface area contributed by atoms with Crippen molar-refractivity contribution in [2.45, 2.75) is 20.4 Å². The van der Waals surface area contributed by atoms with Crippen molar-refractivity contribution >= 4 is 17.6 Å². The second kappa shape index (κ2) is 5.74. The van der Waals surface area contributed by atoms with E-state index in [2.05, 4.69) is 15.6 Å². The maximum absolute atomic E-state index is 12.3. The quantitative estimate of drug-likeness (QED) is 0.871. The van der Waals surface area contributed by atoms with Crippen LogP contribution in [0, 0.1) is 5.41 Å². The van der Waals surface area contributed by atoms with E-state index in [1.54, 1.807) is 26.0 Å². The van der Waals surface area contributed by atoms with E-state index in [0.717, 1.165) is 0 Å². The zero-order valence-corrected chi connectivity index (χ0v) is 11.8. The minimum Gasteiger partial charge on any atom is -0.476 e. The number of anilines is 1. The van der Waals surface area contributed by atoms with E-state index in [0.29, 0.717) is 5.69 Å². The highest BCUT2D eigenvalue weighted by Crippen LogP contribution is 2.20. The summed E-state index contributed by atoms with van der Waals surface area (Å²) in [5, 5.41) is 18.9. The number of hydrogen-bond acceptors (Lipinski definition) is 4. The number of carboxylic acids is 1. The molecule has 0 spiro atoms. The first-order chi connectivity index (χ1) is 9.88. The van der Waals surface area contributed by atoms with Gasteiger partial charge in [0, 0.05) is 5.69 Å². The van der Waals surface area contributed by atoms with Gasteiger partial charge in [-0.25, -0.2) is 4.79 Å². The number of carbonyl (C=O) groups is 2. The van der Waals surface area contributed by atoms with Crippen LogP contribution in [0.4, 0.5) is 5.69 Å². The lowest BCUT2D eigenvalue weighted by Gasteiger charge is -2.23. The van der Waals surface area contributed by atoms with Gasteiger partial charge in [0.05, 0.1) is 18.2 Å². The maximum Gasteiger partial charge on any atom is 0.358 e. The van der Waals surface area contributed by atoms with E-state index >= 15 is 0 Å². The minimum absolute atomic E-state index is 0.144. The number of carbonyl (C=O) groups excluding carboxylic acids is 1. The van der Waals surface area contributed by atoms with Gasteiger partial charge in [-0.2, -0.15) is 0 Å². The van der Waals surface area contributed by atoms with Gasteiger partial charge in [0.1, 0.15) is 0 Å². The van der Waals surface area contributed by atoms with Gasteiger partial charge in [-0.05, 0) is 26.0 Å². The van der Waals surface area contributed by atoms with Crippen LogP contribution >= 0.6 is 0 Å². The molecule has 2 rings (SSSR count). The first-order valence-electron chi connectivity index (χ1n) is 6.38. The number of carboxylic acid groups (broad SMARTS) is 1. The first kappa shape index (κ1) is 14.7. The van der Waals surface area contributed by atoms with Crippen LogP contribution in [0.5, 0.6) is 0 Å². The molecule has 1 aromatic carbocycles. The third-order valence-corrected chi connectivity index (χ3v) is 2.96. The van der Waals surface area contributed by atoms with E-state index in [-0.39, 0.29) is 18.1 Å². The van der Waals surface area contributed by atoms with Crippen LogP contribution in [-0.4, -0.2) is 32.0 Å². The molecule has 2 N–H and O–H groups in total. The van der Waals surface area contributed by atoms with Crippen LogP contribution in [-0.2, 0) is 11.3 Å². The average molecular weight is 288 g/mol. The van der Waals surface area contributed by atoms with Crippen molar-refractivity contribution in [1.29, 1.82) is 0 Å². The Morgan fingerprint density at radius 1 is 1.29 bits per heavy atom. The van der Waals surface area contributed by atoms with Gasteiger partial charge >= 0.3 is 5.97 Å². The van der Waals surface area contributed by atoms with Crippen molar-refractivity contribution < 1.29 is 14.7 Å². The highest BCUT2D eigenvalue weighted by atomic mass is 16.4. The number of nitrogens with one attached hydrogen (secondary N) is 1. The summed E-state index contributed by atoms with van der Waals surface area (Å²) in [6, 6.07) is 9.12. The molecule has 0 bridgehead atoms. The Morgan fingerprint density at radius 3 is 2.52 bits per heavy atom. The van der Waals surface area contributed by atoms with Gasteiger partial charge in [-0.1, -0.05) is 23.4 Å². The van der Waals surface area contributed by atoms with Crippen LogP contribution in [0.25, 0.3) is 0 Å². The average Bonchev–Trinajstić information content (AvgIpc) is 2.88. The Bertz CT molecular complexity index is 649. The number of nitrogens with zero attached hydrogens (tertiary/aromatic N) is 3. The summed E-state index contributed by atoms with van der Waals surface area (Å²) in [6.07, 6.45) is 1.31. The van der Waals surface area contributed by atoms with Gasteiger partial charge < -0.3 is 10.4 Å². The van der Waals surface area contributed by atoms with Crippen LogP contribution in [0.2, 0.25) is 0 Å². The summed E-state index contributed by atoms with van der Waals surface area (Å²) >= 11 is 0. The Kier molecular flexibility index (Phi) is 4.02. The summed E-state index contributed by atoms with van der Waals surface area (Å²) in [4.78, 5) is 23.1. The lowest BCUT2D eigenvalue weighted by molar-refractivity contribution is -0.124. The highest BCUT2D eigenvalue weighted by Gasteiger charge is 2.29. The summed E-state index contributed by atoms with van der Waals surface area (Å²) in [5.74, 6) is -1.33. The van der Waals surface area contributed by atoms with E-state index in [1.807, 2.05) is 18.2 Å². The third kappa shape index (κ3) is 3.65. The lowest BCUT2D eigenvalue weighted by Crippen LogP contribution is -2.34. The molecule has 7 heteroatoms. The Labute approximate surface area is 121 Å². The smallest absolute Gasteiger partial charge is 0.358 e. The number of benzene rings is 1. The van der Waals surface area contributed by atoms with Crippen LogP contribution in [0.3, 0.4) is 0 Å². The molecule has 0 aliphatic heterocycles. The SMILES string of the molecule is CC(C)(Cn1cc(C(=O)O)nn1)C(=O)Nc1ccccc1. The van der Waals surface area contributed by atoms with Gasteiger partial charge in [0.15, 0.2) is 5.69 Å². The molecule has 1 aromatic heterocycles. The monoisotopic (exact) mass is 288 g/mol. The lowest BCUT2D eigenvalue weighted by atomic mass is 9.92. The topological polar surface area (TPSA) is 97.1 Å². The predicted molar refractivity (Wildman–Crippen MR) is 75.8 cm³/mol. The molecule has 0 saturated heterocycles. The number of rotatable bonds is 5. The van der Waals surface area contributed by atoms with Crippen molar-refractivity contribution in [3.63, 3.8) is 0 Å². The second-order valence-corrected chi connectivity index (χ2v) is 5.31. The number of amides is 1. The Balaban J connectivity index is 2.06. The van der Waals surface area contributed by atoms with Crippen molar-refractivity contribution in [2.75, 3.05) is 5.32 Å². The van der Waals surface area contributed by atoms with E-state index in [1.165, 1.54) is 10.9 Å². The summed E-state index contributed by atoms with van der Waals surface area (Å²) in [5.41, 5.74) is -0.200. The molecule has 0 fully saturated rings. The fourth-order valence-corrected chi connectivity index (χ4v) is 1.77. The summed E-state index contributed by atoms with van der Waals surface area (Å²) < 4.78 is 1.36. The fourth-order valence-electron chi connectivity index (χ4n) is 1.77. The van der Waals surface area contributed by atoms with Crippen LogP contribution in [0.15, 0.2) is 36.5 Å². The molecule has 1 heterocycles. The van der Waals surface area contributed by atoms with Gasteiger partial charge in [0.2, 0.25) is 5.91 Å². The van der Waals surface area contributed by atoms with Crippen molar-refractivity contribution in [1.82, 2.24) is 15.0 Å². The Morgan fingerprint density at radius 2 is 1.95 bits per heavy atom. The predicted octanol–water partition coefficient (Wildman–Crippen LogP) is 1.64. The van der Waals surface area contributed by atoms with Gasteiger partial charge in [-0.3, -0.25) is 9.48 Å². The molecule has 2 aromatic rings. The van der Waals surface area contributed by atoms with E-state index in [4.69, 9.17) is 5.11 Å². The molecule has 0 aliphatic carbocycles. The standard InChI is InChI=1S/C14H16N4O3/c1-14(2,9-18-8-11(12(19)20)16-17-18)13(21)15-10-6-4-3-5-7-10/h3-8H,9H2,1-2H3,(H,15,21)(H,19,20). The molecule has 0 atom stereocenters. The molecule has 7 nitrogen and oxygen atoms in total. The molecule has 21 heavy (non-hydrogen) atoms. The van der Waals surface area contributed by atoms with Crippen molar-refractivity contribution in [3.05, 3.63) is 42.2 Å². The first-order valence-corrected chi connectivity index (χ1v) is 6.38. The largest absolute Gasteiger partial charge is 0.476 e. The molecule has 110 valence electrons. The number of aromatic carboxylic acids is 1. The molecule has 0 aliphatic rings. The molecule has 0 unspecified atom stereocenters. The zero-order chi connectivity index (χ0) is 15.5. The molecule has 0 radical (unpaired) electrons. The van der Waals surface area contributed by atoms with Gasteiger partial charge in [0.25, 0.3) is 0 Å². The fraction of sp³-hybridized carbons (Fsp3) is 0.286. The zero-order valence-electron chi connectivity index (χ0n) is 11.8. The molecular weight excluding hydrogens is 272 g/mol. The van der Waals surface area contributed by atoms with Crippen molar-refractivity contribution in [2.24, 2.45) is 5.41 Å². The van der Waals surface area contributed by atoms with Crippen molar-refractivity contribution in [3.8, 4) is 0 Å². The second-order valence-electron chi connectivity index (χ2n) is 5.31. The van der Waals surface area contributed by atoms with E-state index in [9.17, 15) is 9.59 Å². The maximum atomic E-state index is 12.3. The number of hydrogen-bond donors (Lipinski definition) is 2. The normalized spacial score (nSPS) is 11.1. The Hall–Kier alpha value is -2.70. The minimum atomic E-state index is -1.15. The third-order valence-electron chi connectivity index (χ3n) is 2.96. The molecule has 1 amide bonds. The number of para-hydroxylation sites is 1. The van der Waals surface area contributed by atoms with E-state index < -0.39 is 11.4 Å². The summed E-state index contributed by atoms with van der Waals surface area (Å²) in [7, 11) is 0. The highest BCUT2D eigenvalue weighted by molar-refractivity contribution is 5.94. The molecular formula is C14H16N4O3. The number of aromatic nitrogens is 3. The van der Waals surface area contributed by atoms with Crippen LogP contribution < -0.4 is 5.32 Å². The molecule has 0 saturated carbocycles. The summed E-state index contributed by atoms with van der Waals surface area (Å²) in [6.45, 7) is 3.74. The van der Waals surface area contributed by atoms with Gasteiger partial charge in [-0.15, -0.1) is 5.10 Å². The van der Waals surface area contributed by atoms with Crippen LogP contribution in [0.1, 0.15) is 24.3 Å².